The van der Waals surface area contributed by atoms with Gasteiger partial charge in [0.05, 0.1) is 12.5 Å². The molecular formula is C14H24N2O5. The number of aliphatic hydroxyl groups excluding tert-OH is 2. The van der Waals surface area contributed by atoms with E-state index < -0.39 is 24.4 Å². The van der Waals surface area contributed by atoms with Crippen LogP contribution in [0.3, 0.4) is 0 Å². The van der Waals surface area contributed by atoms with Gasteiger partial charge in [-0.25, -0.2) is 0 Å². The van der Waals surface area contributed by atoms with Gasteiger partial charge in [-0.1, -0.05) is 0 Å². The molecule has 4 N–H and O–H groups in total. The smallest absolute Gasteiger partial charge is 0.223 e. The van der Waals surface area contributed by atoms with Crippen molar-refractivity contribution in [3.8, 4) is 0 Å². The largest absolute Gasteiger partial charge is 0.388 e. The van der Waals surface area contributed by atoms with E-state index in [1.165, 1.54) is 0 Å². The van der Waals surface area contributed by atoms with Crippen molar-refractivity contribution < 1.29 is 24.5 Å². The topological polar surface area (TPSA) is 108 Å². The minimum atomic E-state index is -1.12. The zero-order chi connectivity index (χ0) is 15.6. The van der Waals surface area contributed by atoms with Crippen molar-refractivity contribution in [3.63, 3.8) is 0 Å². The molecule has 2 aliphatic rings. The average Bonchev–Trinajstić information content (AvgIpc) is 3.20. The van der Waals surface area contributed by atoms with Crippen LogP contribution >= 0.6 is 0 Å². The number of hydrogen-bond donors (Lipinski definition) is 4. The summed E-state index contributed by atoms with van der Waals surface area (Å²) in [6, 6.07) is 0.00889. The lowest BCUT2D eigenvalue weighted by molar-refractivity contribution is -0.126. The van der Waals surface area contributed by atoms with Gasteiger partial charge in [0.2, 0.25) is 11.8 Å². The molecule has 7 heteroatoms. The van der Waals surface area contributed by atoms with Crippen molar-refractivity contribution in [1.82, 2.24) is 10.6 Å². The van der Waals surface area contributed by atoms with Crippen LogP contribution in [0.5, 0.6) is 0 Å². The molecule has 1 saturated carbocycles. The van der Waals surface area contributed by atoms with Crippen LogP contribution in [0.2, 0.25) is 0 Å². The van der Waals surface area contributed by atoms with Gasteiger partial charge < -0.3 is 25.6 Å². The Morgan fingerprint density at radius 2 is 1.81 bits per heavy atom. The van der Waals surface area contributed by atoms with E-state index in [4.69, 9.17) is 4.74 Å². The molecule has 0 aromatic rings. The Morgan fingerprint density at radius 3 is 2.38 bits per heavy atom. The molecule has 7 nitrogen and oxygen atoms in total. The van der Waals surface area contributed by atoms with Gasteiger partial charge in [0.15, 0.2) is 0 Å². The third-order valence-electron chi connectivity index (χ3n) is 3.72. The van der Waals surface area contributed by atoms with Gasteiger partial charge in [-0.15, -0.1) is 0 Å². The van der Waals surface area contributed by atoms with E-state index >= 15 is 0 Å². The highest BCUT2D eigenvalue weighted by Gasteiger charge is 2.43. The first-order chi connectivity index (χ1) is 9.88. The molecule has 2 fully saturated rings. The predicted octanol–water partition coefficient (Wildman–Crippen LogP) is -1.08. The molecular weight excluding hydrogens is 276 g/mol. The van der Waals surface area contributed by atoms with Gasteiger partial charge >= 0.3 is 0 Å². The summed E-state index contributed by atoms with van der Waals surface area (Å²) in [6.07, 6.45) is -1.85. The third kappa shape index (κ3) is 4.39. The quantitative estimate of drug-likeness (QED) is 0.499. The summed E-state index contributed by atoms with van der Waals surface area (Å²) < 4.78 is 5.51. The van der Waals surface area contributed by atoms with Gasteiger partial charge in [-0.05, 0) is 26.7 Å². The van der Waals surface area contributed by atoms with E-state index in [1.54, 1.807) is 0 Å². The highest BCUT2D eigenvalue weighted by molar-refractivity contribution is 5.80. The minimum Gasteiger partial charge on any atom is -0.388 e. The molecule has 1 heterocycles. The van der Waals surface area contributed by atoms with E-state index in [9.17, 15) is 19.8 Å². The first-order valence-corrected chi connectivity index (χ1v) is 7.47. The molecule has 0 spiro atoms. The van der Waals surface area contributed by atoms with Crippen molar-refractivity contribution in [3.05, 3.63) is 0 Å². The maximum absolute atomic E-state index is 11.7. The molecule has 1 aliphatic carbocycles. The van der Waals surface area contributed by atoms with Gasteiger partial charge in [0.1, 0.15) is 18.3 Å². The molecule has 0 unspecified atom stereocenters. The van der Waals surface area contributed by atoms with Crippen molar-refractivity contribution in [2.75, 3.05) is 6.54 Å². The zero-order valence-electron chi connectivity index (χ0n) is 12.4. The van der Waals surface area contributed by atoms with E-state index in [0.717, 1.165) is 12.8 Å². The number of carbonyl (C=O) groups is 2. The molecule has 0 radical (unpaired) electrons. The van der Waals surface area contributed by atoms with E-state index in [-0.39, 0.29) is 36.7 Å². The van der Waals surface area contributed by atoms with Crippen LogP contribution in [0, 0.1) is 5.92 Å². The summed E-state index contributed by atoms with van der Waals surface area (Å²) in [6.45, 7) is 3.83. The Morgan fingerprint density at radius 1 is 1.19 bits per heavy atom. The lowest BCUT2D eigenvalue weighted by Gasteiger charge is -2.15. The highest BCUT2D eigenvalue weighted by Crippen LogP contribution is 2.29. The molecule has 0 aromatic heterocycles. The number of rotatable bonds is 6. The standard InChI is InChI=1S/C14H24N2O5/c1-7(2)16-11(17)5-9-12(18)13(19)10(21-9)6-15-14(20)8-3-4-8/h7-10,12-13,18-19H,3-6H2,1-2H3,(H,15,20)(H,16,17)/t9-,10+,12-,13+/m0/s1. The number of ether oxygens (including phenoxy) is 1. The number of amides is 2. The zero-order valence-corrected chi connectivity index (χ0v) is 12.4. The fraction of sp³-hybridized carbons (Fsp3) is 0.857. The molecule has 0 aromatic carbocycles. The lowest BCUT2D eigenvalue weighted by Crippen LogP contribution is -2.40. The molecule has 120 valence electrons. The molecule has 21 heavy (non-hydrogen) atoms. The van der Waals surface area contributed by atoms with Crippen LogP contribution in [-0.2, 0) is 14.3 Å². The second kappa shape index (κ2) is 6.72. The number of carbonyl (C=O) groups excluding carboxylic acids is 2. The van der Waals surface area contributed by atoms with Crippen molar-refractivity contribution in [2.45, 2.75) is 63.6 Å². The lowest BCUT2D eigenvalue weighted by atomic mass is 10.1. The first-order valence-electron chi connectivity index (χ1n) is 7.47. The van der Waals surface area contributed by atoms with Crippen LogP contribution in [0.25, 0.3) is 0 Å². The molecule has 2 amide bonds. The van der Waals surface area contributed by atoms with Crippen LogP contribution in [0.1, 0.15) is 33.1 Å². The Balaban J connectivity index is 1.79. The van der Waals surface area contributed by atoms with Crippen LogP contribution in [-0.4, -0.2) is 59.0 Å². The number of aliphatic hydroxyl groups is 2. The fourth-order valence-corrected chi connectivity index (χ4v) is 2.42. The predicted molar refractivity (Wildman–Crippen MR) is 74.3 cm³/mol. The molecule has 4 atom stereocenters. The van der Waals surface area contributed by atoms with Gasteiger partial charge in [-0.3, -0.25) is 9.59 Å². The highest BCUT2D eigenvalue weighted by atomic mass is 16.5. The number of nitrogens with one attached hydrogen (secondary N) is 2. The normalized spacial score (nSPS) is 32.2. The van der Waals surface area contributed by atoms with Gasteiger partial charge in [0.25, 0.3) is 0 Å². The van der Waals surface area contributed by atoms with Gasteiger partial charge in [-0.2, -0.15) is 0 Å². The summed E-state index contributed by atoms with van der Waals surface area (Å²) in [4.78, 5) is 23.2. The Bertz CT molecular complexity index is 397. The van der Waals surface area contributed by atoms with E-state index in [2.05, 4.69) is 10.6 Å². The van der Waals surface area contributed by atoms with Crippen LogP contribution < -0.4 is 10.6 Å². The first kappa shape index (κ1) is 16.2. The fourth-order valence-electron chi connectivity index (χ4n) is 2.42. The van der Waals surface area contributed by atoms with Crippen LogP contribution in [0.4, 0.5) is 0 Å². The van der Waals surface area contributed by atoms with E-state index in [0.29, 0.717) is 0 Å². The number of hydrogen-bond acceptors (Lipinski definition) is 5. The Hall–Kier alpha value is -1.18. The maximum atomic E-state index is 11.7. The molecule has 1 aliphatic heterocycles. The summed E-state index contributed by atoms with van der Waals surface area (Å²) in [7, 11) is 0. The minimum absolute atomic E-state index is 0.00889. The van der Waals surface area contributed by atoms with Crippen molar-refractivity contribution in [2.24, 2.45) is 5.92 Å². The second-order valence-corrected chi connectivity index (χ2v) is 6.14. The second-order valence-electron chi connectivity index (χ2n) is 6.14. The monoisotopic (exact) mass is 300 g/mol. The Labute approximate surface area is 124 Å². The van der Waals surface area contributed by atoms with Crippen molar-refractivity contribution >= 4 is 11.8 Å². The Kier molecular flexibility index (Phi) is 5.18. The summed E-state index contributed by atoms with van der Waals surface area (Å²) in [5, 5.41) is 25.3. The average molecular weight is 300 g/mol. The summed E-state index contributed by atoms with van der Waals surface area (Å²) in [5.74, 6) is -0.189. The molecule has 0 bridgehead atoms. The van der Waals surface area contributed by atoms with E-state index in [1.807, 2.05) is 13.8 Å². The summed E-state index contributed by atoms with van der Waals surface area (Å²) in [5.41, 5.74) is 0. The summed E-state index contributed by atoms with van der Waals surface area (Å²) >= 11 is 0. The third-order valence-corrected chi connectivity index (χ3v) is 3.72. The molecule has 2 rings (SSSR count). The molecule has 1 saturated heterocycles. The van der Waals surface area contributed by atoms with Crippen molar-refractivity contribution in [1.29, 1.82) is 0 Å². The van der Waals surface area contributed by atoms with Gasteiger partial charge in [0, 0.05) is 18.5 Å². The van der Waals surface area contributed by atoms with Crippen LogP contribution in [0.15, 0.2) is 0 Å². The maximum Gasteiger partial charge on any atom is 0.223 e. The SMILES string of the molecule is CC(C)NC(=O)C[C@@H]1O[C@H](CNC(=O)C2CC2)[C@@H](O)[C@H]1O.